The molecule has 0 spiro atoms. The van der Waals surface area contributed by atoms with E-state index in [-0.39, 0.29) is 0 Å². The number of ether oxygens (including phenoxy) is 1. The standard InChI is InChI=1S/C11H13NO4/c1-6(14)16-9-3-2-8-10(11(9)15)7(5-13)4-12-8/h4-5,9,11-12,15H,2-3H2,1H3/t9?,11-/m1/s1. The molecule has 0 aromatic carbocycles. The van der Waals surface area contributed by atoms with Gasteiger partial charge in [0.2, 0.25) is 0 Å². The Morgan fingerprint density at radius 1 is 1.69 bits per heavy atom. The van der Waals surface area contributed by atoms with E-state index >= 15 is 0 Å². The zero-order valence-corrected chi connectivity index (χ0v) is 8.90. The van der Waals surface area contributed by atoms with Crippen molar-refractivity contribution >= 4 is 12.3 Å². The third-order valence-electron chi connectivity index (χ3n) is 2.81. The van der Waals surface area contributed by atoms with E-state index in [0.29, 0.717) is 30.3 Å². The van der Waals surface area contributed by atoms with Crippen LogP contribution in [0.25, 0.3) is 0 Å². The fraction of sp³-hybridized carbons (Fsp3) is 0.455. The topological polar surface area (TPSA) is 79.4 Å². The number of hydrogen-bond donors (Lipinski definition) is 2. The van der Waals surface area contributed by atoms with Gasteiger partial charge in [-0.1, -0.05) is 0 Å². The van der Waals surface area contributed by atoms with E-state index in [0.717, 1.165) is 5.69 Å². The molecule has 5 nitrogen and oxygen atoms in total. The first-order valence-corrected chi connectivity index (χ1v) is 5.14. The Labute approximate surface area is 92.4 Å². The molecule has 0 fully saturated rings. The van der Waals surface area contributed by atoms with E-state index < -0.39 is 18.2 Å². The van der Waals surface area contributed by atoms with Crippen molar-refractivity contribution in [3.8, 4) is 0 Å². The highest BCUT2D eigenvalue weighted by Crippen LogP contribution is 2.33. The number of aryl methyl sites for hydroxylation is 1. The van der Waals surface area contributed by atoms with Gasteiger partial charge in [0.15, 0.2) is 6.29 Å². The fourth-order valence-corrected chi connectivity index (χ4v) is 2.12. The third kappa shape index (κ3) is 1.74. The van der Waals surface area contributed by atoms with Crippen molar-refractivity contribution < 1.29 is 19.4 Å². The lowest BCUT2D eigenvalue weighted by atomic mass is 9.90. The van der Waals surface area contributed by atoms with Crippen molar-refractivity contribution in [2.75, 3.05) is 0 Å². The minimum atomic E-state index is -0.918. The number of carbonyl (C=O) groups excluding carboxylic acids is 2. The molecule has 0 bridgehead atoms. The molecule has 0 saturated carbocycles. The summed E-state index contributed by atoms with van der Waals surface area (Å²) in [7, 11) is 0. The first-order chi connectivity index (χ1) is 7.63. The predicted octanol–water partition coefficient (Wildman–Crippen LogP) is 0.738. The van der Waals surface area contributed by atoms with Gasteiger partial charge >= 0.3 is 5.97 Å². The van der Waals surface area contributed by atoms with Gasteiger partial charge in [0.1, 0.15) is 12.2 Å². The summed E-state index contributed by atoms with van der Waals surface area (Å²) in [5.41, 5.74) is 1.84. The average molecular weight is 223 g/mol. The molecule has 86 valence electrons. The van der Waals surface area contributed by atoms with E-state index in [1.165, 1.54) is 6.92 Å². The van der Waals surface area contributed by atoms with Crippen LogP contribution < -0.4 is 0 Å². The molecule has 1 aromatic rings. The smallest absolute Gasteiger partial charge is 0.303 e. The number of esters is 1. The lowest BCUT2D eigenvalue weighted by Gasteiger charge is -2.27. The Balaban J connectivity index is 2.29. The maximum Gasteiger partial charge on any atom is 0.303 e. The molecule has 16 heavy (non-hydrogen) atoms. The molecule has 2 atom stereocenters. The molecule has 1 aromatic heterocycles. The van der Waals surface area contributed by atoms with E-state index in [2.05, 4.69) is 4.98 Å². The summed E-state index contributed by atoms with van der Waals surface area (Å²) in [6.45, 7) is 1.31. The maximum atomic E-state index is 10.9. The van der Waals surface area contributed by atoms with Gasteiger partial charge in [-0.15, -0.1) is 0 Å². The van der Waals surface area contributed by atoms with E-state index in [1.807, 2.05) is 0 Å². The average Bonchev–Trinajstić information content (AvgIpc) is 2.65. The zero-order valence-electron chi connectivity index (χ0n) is 8.90. The number of fused-ring (bicyclic) bond motifs is 1. The SMILES string of the molecule is CC(=O)OC1CCc2[nH]cc(C=O)c2[C@@H]1O. The van der Waals surface area contributed by atoms with Gasteiger partial charge in [-0.2, -0.15) is 0 Å². The lowest BCUT2D eigenvalue weighted by Crippen LogP contribution is -2.29. The third-order valence-corrected chi connectivity index (χ3v) is 2.81. The van der Waals surface area contributed by atoms with Gasteiger partial charge in [-0.05, 0) is 12.8 Å². The highest BCUT2D eigenvalue weighted by Gasteiger charge is 2.33. The van der Waals surface area contributed by atoms with Gasteiger partial charge in [0, 0.05) is 29.9 Å². The molecular weight excluding hydrogens is 210 g/mol. The van der Waals surface area contributed by atoms with Gasteiger partial charge in [0.25, 0.3) is 0 Å². The highest BCUT2D eigenvalue weighted by molar-refractivity contribution is 5.78. The molecule has 1 aliphatic rings. The summed E-state index contributed by atoms with van der Waals surface area (Å²) in [6, 6.07) is 0. The Hall–Kier alpha value is -1.62. The predicted molar refractivity (Wildman–Crippen MR) is 55.0 cm³/mol. The van der Waals surface area contributed by atoms with Crippen LogP contribution >= 0.6 is 0 Å². The summed E-state index contributed by atoms with van der Waals surface area (Å²) in [6.07, 6.45) is 2.01. The molecule has 2 rings (SSSR count). The quantitative estimate of drug-likeness (QED) is 0.572. The van der Waals surface area contributed by atoms with Crippen LogP contribution in [0.1, 0.15) is 41.1 Å². The molecule has 0 aliphatic heterocycles. The summed E-state index contributed by atoms with van der Waals surface area (Å²) in [5.74, 6) is -0.421. The number of carbonyl (C=O) groups is 2. The molecule has 1 heterocycles. The van der Waals surface area contributed by atoms with Crippen LogP contribution in [0, 0.1) is 0 Å². The zero-order chi connectivity index (χ0) is 11.7. The summed E-state index contributed by atoms with van der Waals surface area (Å²) < 4.78 is 5.01. The number of aldehydes is 1. The number of nitrogens with one attached hydrogen (secondary N) is 1. The normalized spacial score (nSPS) is 23.6. The Bertz CT molecular complexity index is 424. The molecule has 1 unspecified atom stereocenters. The molecule has 1 aliphatic carbocycles. The van der Waals surface area contributed by atoms with E-state index in [1.54, 1.807) is 6.20 Å². The van der Waals surface area contributed by atoms with Gasteiger partial charge in [-0.25, -0.2) is 0 Å². The largest absolute Gasteiger partial charge is 0.459 e. The van der Waals surface area contributed by atoms with Gasteiger partial charge < -0.3 is 14.8 Å². The van der Waals surface area contributed by atoms with Crippen molar-refractivity contribution in [3.05, 3.63) is 23.0 Å². The van der Waals surface area contributed by atoms with Gasteiger partial charge in [-0.3, -0.25) is 9.59 Å². The molecule has 0 saturated heterocycles. The Morgan fingerprint density at radius 2 is 2.44 bits per heavy atom. The second kappa shape index (κ2) is 4.09. The second-order valence-corrected chi connectivity index (χ2v) is 3.89. The minimum Gasteiger partial charge on any atom is -0.459 e. The van der Waals surface area contributed by atoms with Crippen LogP contribution in [-0.4, -0.2) is 28.4 Å². The van der Waals surface area contributed by atoms with Crippen LogP contribution in [0.3, 0.4) is 0 Å². The second-order valence-electron chi connectivity index (χ2n) is 3.89. The van der Waals surface area contributed by atoms with Crippen molar-refractivity contribution in [2.45, 2.75) is 32.0 Å². The number of rotatable bonds is 2. The van der Waals surface area contributed by atoms with Crippen LogP contribution in [0.4, 0.5) is 0 Å². The number of aromatic nitrogens is 1. The fourth-order valence-electron chi connectivity index (χ4n) is 2.12. The summed E-state index contributed by atoms with van der Waals surface area (Å²) in [5, 5.41) is 10.0. The minimum absolute atomic E-state index is 0.421. The summed E-state index contributed by atoms with van der Waals surface area (Å²) in [4.78, 5) is 24.6. The molecule has 2 N–H and O–H groups in total. The van der Waals surface area contributed by atoms with Crippen molar-refractivity contribution in [1.29, 1.82) is 0 Å². The molecule has 5 heteroatoms. The molecule has 0 radical (unpaired) electrons. The number of aliphatic hydroxyl groups excluding tert-OH is 1. The van der Waals surface area contributed by atoms with Crippen LogP contribution in [-0.2, 0) is 16.0 Å². The van der Waals surface area contributed by atoms with E-state index in [9.17, 15) is 14.7 Å². The van der Waals surface area contributed by atoms with Crippen molar-refractivity contribution in [3.63, 3.8) is 0 Å². The monoisotopic (exact) mass is 223 g/mol. The Kier molecular flexibility index (Phi) is 2.78. The first kappa shape index (κ1) is 10.9. The highest BCUT2D eigenvalue weighted by atomic mass is 16.6. The molecular formula is C11H13NO4. The van der Waals surface area contributed by atoms with Crippen LogP contribution in [0.2, 0.25) is 0 Å². The Morgan fingerprint density at radius 3 is 3.06 bits per heavy atom. The number of aliphatic hydroxyl groups is 1. The van der Waals surface area contributed by atoms with E-state index in [4.69, 9.17) is 4.74 Å². The number of hydrogen-bond acceptors (Lipinski definition) is 4. The van der Waals surface area contributed by atoms with Crippen molar-refractivity contribution in [2.24, 2.45) is 0 Å². The number of H-pyrrole nitrogens is 1. The summed E-state index contributed by atoms with van der Waals surface area (Å²) >= 11 is 0. The van der Waals surface area contributed by atoms with Crippen molar-refractivity contribution in [1.82, 2.24) is 4.98 Å². The molecule has 0 amide bonds. The number of aromatic amines is 1. The lowest BCUT2D eigenvalue weighted by molar-refractivity contribution is -0.153. The first-order valence-electron chi connectivity index (χ1n) is 5.14. The maximum absolute atomic E-state index is 10.9. The van der Waals surface area contributed by atoms with Crippen LogP contribution in [0.5, 0.6) is 0 Å². The van der Waals surface area contributed by atoms with Gasteiger partial charge in [0.05, 0.1) is 0 Å². The van der Waals surface area contributed by atoms with Crippen LogP contribution in [0.15, 0.2) is 6.20 Å².